The number of fused-ring (bicyclic) bond motifs is 1. The summed E-state index contributed by atoms with van der Waals surface area (Å²) in [5, 5.41) is 11.5. The first-order valence-electron chi connectivity index (χ1n) is 8.05. The van der Waals surface area contributed by atoms with E-state index in [1.165, 1.54) is 5.56 Å². The summed E-state index contributed by atoms with van der Waals surface area (Å²) >= 11 is 0. The van der Waals surface area contributed by atoms with Crippen LogP contribution in [0.3, 0.4) is 0 Å². The van der Waals surface area contributed by atoms with Gasteiger partial charge >= 0.3 is 0 Å². The van der Waals surface area contributed by atoms with Crippen LogP contribution < -0.4 is 9.80 Å². The number of alkyl halides is 2. The second kappa shape index (κ2) is 6.23. The zero-order chi connectivity index (χ0) is 17.4. The van der Waals surface area contributed by atoms with Gasteiger partial charge in [0.2, 0.25) is 5.82 Å². The first-order chi connectivity index (χ1) is 12.1. The van der Waals surface area contributed by atoms with Crippen LogP contribution in [0.4, 0.5) is 20.4 Å². The molecular weight excluding hydrogens is 328 g/mol. The third-order valence-electron chi connectivity index (χ3n) is 4.30. The molecule has 0 N–H and O–H groups in total. The highest BCUT2D eigenvalue weighted by Crippen LogP contribution is 2.21. The van der Waals surface area contributed by atoms with Gasteiger partial charge in [-0.05, 0) is 36.8 Å². The number of aryl methyl sites for hydroxylation is 1. The van der Waals surface area contributed by atoms with E-state index in [1.54, 1.807) is 12.1 Å². The molecule has 3 aromatic rings. The minimum Gasteiger partial charge on any atom is -0.353 e. The molecule has 0 aliphatic carbocycles. The quantitative estimate of drug-likeness (QED) is 0.724. The number of pyridine rings is 1. The maximum Gasteiger partial charge on any atom is 0.299 e. The highest BCUT2D eigenvalue weighted by atomic mass is 19.3. The lowest BCUT2D eigenvalue weighted by molar-refractivity contribution is 0.137. The highest BCUT2D eigenvalue weighted by Gasteiger charge is 2.21. The van der Waals surface area contributed by atoms with Crippen molar-refractivity contribution in [2.75, 3.05) is 36.0 Å². The highest BCUT2D eigenvalue weighted by molar-refractivity contribution is 5.48. The molecule has 0 spiro atoms. The number of nitrogens with zero attached hydrogens (tertiary/aromatic N) is 7. The predicted octanol–water partition coefficient (Wildman–Crippen LogP) is 2.09. The lowest BCUT2D eigenvalue weighted by atomic mass is 10.2. The van der Waals surface area contributed by atoms with Crippen molar-refractivity contribution in [3.63, 3.8) is 0 Å². The molecule has 25 heavy (non-hydrogen) atoms. The number of halogens is 2. The lowest BCUT2D eigenvalue weighted by Gasteiger charge is -2.36. The van der Waals surface area contributed by atoms with Gasteiger partial charge in [0, 0.05) is 32.4 Å². The van der Waals surface area contributed by atoms with E-state index in [1.807, 2.05) is 19.2 Å². The summed E-state index contributed by atoms with van der Waals surface area (Å²) < 4.78 is 27.1. The molecule has 0 saturated carbocycles. The Hall–Kier alpha value is -2.84. The molecule has 1 aliphatic rings. The van der Waals surface area contributed by atoms with Gasteiger partial charge in [-0.3, -0.25) is 0 Å². The van der Waals surface area contributed by atoms with Crippen LogP contribution in [0, 0.1) is 6.92 Å². The number of anilines is 2. The maximum absolute atomic E-state index is 13.0. The molecule has 4 rings (SSSR count). The molecule has 0 aromatic carbocycles. The van der Waals surface area contributed by atoms with Crippen LogP contribution in [0.25, 0.3) is 5.65 Å². The van der Waals surface area contributed by atoms with Crippen molar-refractivity contribution in [3.05, 3.63) is 41.9 Å². The normalized spacial score (nSPS) is 15.4. The Kier molecular flexibility index (Phi) is 3.90. The Morgan fingerprint density at radius 3 is 2.36 bits per heavy atom. The summed E-state index contributed by atoms with van der Waals surface area (Å²) in [6.07, 6.45) is -0.897. The van der Waals surface area contributed by atoms with E-state index in [0.717, 1.165) is 36.5 Å². The maximum atomic E-state index is 13.0. The van der Waals surface area contributed by atoms with E-state index in [4.69, 9.17) is 0 Å². The van der Waals surface area contributed by atoms with Gasteiger partial charge in [0.1, 0.15) is 11.6 Å². The van der Waals surface area contributed by atoms with Crippen molar-refractivity contribution < 1.29 is 8.78 Å². The van der Waals surface area contributed by atoms with Gasteiger partial charge in [0.15, 0.2) is 5.65 Å². The third-order valence-corrected chi connectivity index (χ3v) is 4.30. The SMILES string of the molecule is Cc1ccnc(N2CCN(c3ccc4nnc(C(F)F)n4n3)CC2)c1. The smallest absolute Gasteiger partial charge is 0.299 e. The van der Waals surface area contributed by atoms with Gasteiger partial charge in [-0.2, -0.15) is 4.52 Å². The number of piperazine rings is 1. The van der Waals surface area contributed by atoms with Crippen molar-refractivity contribution in [2.45, 2.75) is 13.3 Å². The predicted molar refractivity (Wildman–Crippen MR) is 89.1 cm³/mol. The van der Waals surface area contributed by atoms with Crippen LogP contribution in [0.5, 0.6) is 0 Å². The molecule has 1 aliphatic heterocycles. The summed E-state index contributed by atoms with van der Waals surface area (Å²) in [6.45, 7) is 5.10. The van der Waals surface area contributed by atoms with E-state index in [2.05, 4.69) is 36.1 Å². The summed E-state index contributed by atoms with van der Waals surface area (Å²) in [5.41, 5.74) is 1.49. The molecule has 3 aromatic heterocycles. The van der Waals surface area contributed by atoms with E-state index in [-0.39, 0.29) is 0 Å². The second-order valence-electron chi connectivity index (χ2n) is 5.99. The van der Waals surface area contributed by atoms with Gasteiger partial charge in [0.05, 0.1) is 0 Å². The molecule has 130 valence electrons. The van der Waals surface area contributed by atoms with Crippen LogP contribution in [0.15, 0.2) is 30.5 Å². The average molecular weight is 345 g/mol. The fraction of sp³-hybridized carbons (Fsp3) is 0.375. The third kappa shape index (κ3) is 2.97. The second-order valence-corrected chi connectivity index (χ2v) is 5.99. The van der Waals surface area contributed by atoms with E-state index in [0.29, 0.717) is 11.5 Å². The molecule has 9 heteroatoms. The molecule has 0 unspecified atom stereocenters. The fourth-order valence-electron chi connectivity index (χ4n) is 2.96. The van der Waals surface area contributed by atoms with Crippen molar-refractivity contribution in [3.8, 4) is 0 Å². The molecular formula is C16H17F2N7. The van der Waals surface area contributed by atoms with Gasteiger partial charge < -0.3 is 9.80 Å². The van der Waals surface area contributed by atoms with Crippen LogP contribution in [-0.4, -0.2) is 51.0 Å². The van der Waals surface area contributed by atoms with Gasteiger partial charge in [-0.1, -0.05) is 0 Å². The average Bonchev–Trinajstić information content (AvgIpc) is 3.05. The van der Waals surface area contributed by atoms with Gasteiger partial charge in [-0.25, -0.2) is 13.8 Å². The largest absolute Gasteiger partial charge is 0.353 e. The summed E-state index contributed by atoms with van der Waals surface area (Å²) in [5.74, 6) is 1.17. The Morgan fingerprint density at radius 1 is 0.960 bits per heavy atom. The summed E-state index contributed by atoms with van der Waals surface area (Å²) in [7, 11) is 0. The molecule has 0 bridgehead atoms. The minimum atomic E-state index is -2.71. The molecule has 1 saturated heterocycles. The van der Waals surface area contributed by atoms with Crippen molar-refractivity contribution in [1.29, 1.82) is 0 Å². The van der Waals surface area contributed by atoms with Gasteiger partial charge in [0.25, 0.3) is 6.43 Å². The first-order valence-corrected chi connectivity index (χ1v) is 8.05. The zero-order valence-corrected chi connectivity index (χ0v) is 13.7. The number of hydrogen-bond donors (Lipinski definition) is 0. The Balaban J connectivity index is 1.52. The van der Waals surface area contributed by atoms with E-state index >= 15 is 0 Å². The standard InChI is InChI=1S/C16H17F2N7/c1-11-4-5-19-14(10-11)24-8-6-23(7-9-24)13-3-2-12-20-21-16(15(17)18)25(12)22-13/h2-5,10,15H,6-9H2,1H3. The lowest BCUT2D eigenvalue weighted by Crippen LogP contribution is -2.47. The number of hydrogen-bond acceptors (Lipinski definition) is 6. The number of aromatic nitrogens is 5. The Labute approximate surface area is 142 Å². The van der Waals surface area contributed by atoms with Crippen LogP contribution in [0.1, 0.15) is 17.8 Å². The monoisotopic (exact) mass is 345 g/mol. The van der Waals surface area contributed by atoms with Crippen molar-refractivity contribution in [2.24, 2.45) is 0 Å². The van der Waals surface area contributed by atoms with E-state index in [9.17, 15) is 8.78 Å². The van der Waals surface area contributed by atoms with Crippen molar-refractivity contribution >= 4 is 17.3 Å². The van der Waals surface area contributed by atoms with Crippen LogP contribution in [0.2, 0.25) is 0 Å². The molecule has 0 amide bonds. The fourth-order valence-corrected chi connectivity index (χ4v) is 2.96. The topological polar surface area (TPSA) is 62.5 Å². The molecule has 1 fully saturated rings. The van der Waals surface area contributed by atoms with Crippen LogP contribution in [-0.2, 0) is 0 Å². The molecule has 4 heterocycles. The summed E-state index contributed by atoms with van der Waals surface area (Å²) in [6, 6.07) is 7.49. The first kappa shape index (κ1) is 15.7. The van der Waals surface area contributed by atoms with Crippen molar-refractivity contribution in [1.82, 2.24) is 24.8 Å². The Bertz CT molecular complexity index is 887. The van der Waals surface area contributed by atoms with E-state index < -0.39 is 12.2 Å². The van der Waals surface area contributed by atoms with Crippen LogP contribution >= 0.6 is 0 Å². The van der Waals surface area contributed by atoms with Gasteiger partial charge in [-0.15, -0.1) is 15.3 Å². The molecule has 0 atom stereocenters. The Morgan fingerprint density at radius 2 is 1.68 bits per heavy atom. The molecule has 7 nitrogen and oxygen atoms in total. The number of rotatable bonds is 3. The summed E-state index contributed by atoms with van der Waals surface area (Å²) in [4.78, 5) is 8.70. The zero-order valence-electron chi connectivity index (χ0n) is 13.7. The molecule has 0 radical (unpaired) electrons. The minimum absolute atomic E-state index is 0.321.